The molecule has 0 aliphatic heterocycles. The second-order valence-electron chi connectivity index (χ2n) is 2.86. The second-order valence-corrected chi connectivity index (χ2v) is 4.82. The highest BCUT2D eigenvalue weighted by Gasteiger charge is 2.21. The van der Waals surface area contributed by atoms with Gasteiger partial charge in [-0.3, -0.25) is 4.79 Å². The van der Waals surface area contributed by atoms with Crippen LogP contribution < -0.4 is 5.32 Å². The van der Waals surface area contributed by atoms with Gasteiger partial charge in [0.25, 0.3) is 0 Å². The van der Waals surface area contributed by atoms with E-state index in [2.05, 4.69) is 5.32 Å². The largest absolute Gasteiger partial charge is 0.358 e. The molecule has 0 atom stereocenters. The zero-order chi connectivity index (χ0) is 11.5. The predicted octanol–water partition coefficient (Wildman–Crippen LogP) is 0.345. The van der Waals surface area contributed by atoms with E-state index in [0.717, 1.165) is 12.1 Å². The van der Waals surface area contributed by atoms with Crippen LogP contribution in [0.15, 0.2) is 29.2 Å². The van der Waals surface area contributed by atoms with Gasteiger partial charge in [-0.2, -0.15) is 0 Å². The van der Waals surface area contributed by atoms with Gasteiger partial charge < -0.3 is 5.32 Å². The summed E-state index contributed by atoms with van der Waals surface area (Å²) in [4.78, 5) is 10.4. The summed E-state index contributed by atoms with van der Waals surface area (Å²) in [6, 6.07) is 4.96. The van der Waals surface area contributed by atoms with Crippen molar-refractivity contribution in [3.8, 4) is 0 Å². The number of halogens is 1. The van der Waals surface area contributed by atoms with Crippen LogP contribution in [0.25, 0.3) is 0 Å². The topological polar surface area (TPSA) is 63.2 Å². The molecule has 1 aromatic carbocycles. The van der Waals surface area contributed by atoms with Gasteiger partial charge in [0, 0.05) is 7.05 Å². The maximum absolute atomic E-state index is 13.1. The number of rotatable bonds is 3. The number of hydrogen-bond acceptors (Lipinski definition) is 3. The predicted molar refractivity (Wildman–Crippen MR) is 52.5 cm³/mol. The van der Waals surface area contributed by atoms with Gasteiger partial charge in [-0.1, -0.05) is 12.1 Å². The van der Waals surface area contributed by atoms with E-state index in [-0.39, 0.29) is 0 Å². The zero-order valence-corrected chi connectivity index (χ0v) is 8.84. The molecule has 0 bridgehead atoms. The summed E-state index contributed by atoms with van der Waals surface area (Å²) in [5.74, 6) is -2.26. The first kappa shape index (κ1) is 11.6. The molecule has 6 heteroatoms. The molecule has 1 N–H and O–H groups in total. The second kappa shape index (κ2) is 4.39. The number of hydrogen-bond donors (Lipinski definition) is 1. The quantitative estimate of drug-likeness (QED) is 0.816. The monoisotopic (exact) mass is 231 g/mol. The van der Waals surface area contributed by atoms with Crippen LogP contribution in [0, 0.1) is 5.82 Å². The minimum absolute atomic E-state index is 0.450. The fourth-order valence-electron chi connectivity index (χ4n) is 1.02. The van der Waals surface area contributed by atoms with Gasteiger partial charge in [0.15, 0.2) is 9.84 Å². The number of sulfone groups is 1. The summed E-state index contributed by atoms with van der Waals surface area (Å²) in [7, 11) is -2.57. The van der Waals surface area contributed by atoms with Crippen molar-refractivity contribution in [1.29, 1.82) is 0 Å². The summed E-state index contributed by atoms with van der Waals surface area (Å²) in [6.07, 6.45) is 0. The van der Waals surface area contributed by atoms with Gasteiger partial charge in [-0.25, -0.2) is 12.8 Å². The number of carbonyl (C=O) groups excluding carboxylic acids is 1. The average Bonchev–Trinajstić information content (AvgIpc) is 2.17. The lowest BCUT2D eigenvalue weighted by atomic mass is 10.3. The molecule has 0 saturated carbocycles. The van der Waals surface area contributed by atoms with Gasteiger partial charge in [0.2, 0.25) is 5.91 Å². The van der Waals surface area contributed by atoms with E-state index in [1.54, 1.807) is 0 Å². The summed E-state index contributed by atoms with van der Waals surface area (Å²) in [6.45, 7) is 0. The van der Waals surface area contributed by atoms with Gasteiger partial charge in [-0.15, -0.1) is 0 Å². The minimum atomic E-state index is -3.89. The van der Waals surface area contributed by atoms with E-state index in [4.69, 9.17) is 0 Å². The maximum atomic E-state index is 13.1. The first-order chi connectivity index (χ1) is 6.97. The SMILES string of the molecule is CNC(=O)CS(=O)(=O)c1ccccc1F. The van der Waals surface area contributed by atoms with Crippen LogP contribution >= 0.6 is 0 Å². The highest BCUT2D eigenvalue weighted by molar-refractivity contribution is 7.92. The Bertz CT molecular complexity index is 470. The van der Waals surface area contributed by atoms with E-state index < -0.39 is 32.2 Å². The Balaban J connectivity index is 3.07. The molecule has 1 rings (SSSR count). The van der Waals surface area contributed by atoms with Crippen LogP contribution in [0.2, 0.25) is 0 Å². The molecule has 4 nitrogen and oxygen atoms in total. The van der Waals surface area contributed by atoms with Gasteiger partial charge in [0.1, 0.15) is 16.5 Å². The third kappa shape index (κ3) is 2.76. The van der Waals surface area contributed by atoms with E-state index in [1.807, 2.05) is 0 Å². The van der Waals surface area contributed by atoms with Gasteiger partial charge in [-0.05, 0) is 12.1 Å². The molecule has 0 saturated heterocycles. The Morgan fingerprint density at radius 1 is 1.40 bits per heavy atom. The molecule has 82 valence electrons. The molecular formula is C9H10FNO3S. The van der Waals surface area contributed by atoms with Crippen molar-refractivity contribution in [3.05, 3.63) is 30.1 Å². The molecule has 0 heterocycles. The fraction of sp³-hybridized carbons (Fsp3) is 0.222. The van der Waals surface area contributed by atoms with Crippen molar-refractivity contribution < 1.29 is 17.6 Å². The molecule has 1 aromatic rings. The lowest BCUT2D eigenvalue weighted by Crippen LogP contribution is -2.27. The Hall–Kier alpha value is -1.43. The average molecular weight is 231 g/mol. The summed E-state index contributed by atoms with van der Waals surface area (Å²) in [5, 5.41) is 2.17. The third-order valence-corrected chi connectivity index (χ3v) is 3.42. The van der Waals surface area contributed by atoms with Crippen LogP contribution in [0.3, 0.4) is 0 Å². The van der Waals surface area contributed by atoms with Gasteiger partial charge >= 0.3 is 0 Å². The van der Waals surface area contributed by atoms with Crippen LogP contribution in [-0.4, -0.2) is 27.1 Å². The van der Waals surface area contributed by atoms with Crippen LogP contribution in [0.1, 0.15) is 0 Å². The zero-order valence-electron chi connectivity index (χ0n) is 8.03. The van der Waals surface area contributed by atoms with Gasteiger partial charge in [0.05, 0.1) is 0 Å². The Kier molecular flexibility index (Phi) is 3.41. The number of nitrogens with one attached hydrogen (secondary N) is 1. The van der Waals surface area contributed by atoms with Crippen molar-refractivity contribution in [2.45, 2.75) is 4.90 Å². The van der Waals surface area contributed by atoms with E-state index in [0.29, 0.717) is 0 Å². The maximum Gasteiger partial charge on any atom is 0.235 e. The lowest BCUT2D eigenvalue weighted by molar-refractivity contribution is -0.118. The van der Waals surface area contributed by atoms with Crippen molar-refractivity contribution in [3.63, 3.8) is 0 Å². The van der Waals surface area contributed by atoms with Crippen molar-refractivity contribution >= 4 is 15.7 Å². The highest BCUT2D eigenvalue weighted by atomic mass is 32.2. The van der Waals surface area contributed by atoms with Crippen LogP contribution in [0.5, 0.6) is 0 Å². The van der Waals surface area contributed by atoms with Crippen LogP contribution in [0.4, 0.5) is 4.39 Å². The Labute approximate surface area is 87.0 Å². The molecule has 0 unspecified atom stereocenters. The lowest BCUT2D eigenvalue weighted by Gasteiger charge is -2.04. The molecule has 0 aliphatic rings. The molecule has 0 aliphatic carbocycles. The molecule has 0 spiro atoms. The minimum Gasteiger partial charge on any atom is -0.358 e. The Morgan fingerprint density at radius 2 is 2.00 bits per heavy atom. The van der Waals surface area contributed by atoms with Crippen molar-refractivity contribution in [2.75, 3.05) is 12.8 Å². The molecule has 15 heavy (non-hydrogen) atoms. The summed E-state index contributed by atoms with van der Waals surface area (Å²) in [5.41, 5.74) is 0. The first-order valence-electron chi connectivity index (χ1n) is 4.15. The number of carbonyl (C=O) groups is 1. The molecule has 0 fully saturated rings. The highest BCUT2D eigenvalue weighted by Crippen LogP contribution is 2.14. The standard InChI is InChI=1S/C9H10FNO3S/c1-11-9(12)6-15(13,14)8-5-3-2-4-7(8)10/h2-5H,6H2,1H3,(H,11,12). The number of benzene rings is 1. The van der Waals surface area contributed by atoms with Crippen LogP contribution in [-0.2, 0) is 14.6 Å². The smallest absolute Gasteiger partial charge is 0.235 e. The third-order valence-electron chi connectivity index (χ3n) is 1.77. The Morgan fingerprint density at radius 3 is 2.53 bits per heavy atom. The molecule has 0 aromatic heterocycles. The first-order valence-corrected chi connectivity index (χ1v) is 5.80. The number of amides is 1. The van der Waals surface area contributed by atoms with E-state index in [1.165, 1.54) is 19.2 Å². The van der Waals surface area contributed by atoms with Crippen molar-refractivity contribution in [1.82, 2.24) is 5.32 Å². The normalized spacial score (nSPS) is 11.1. The molecular weight excluding hydrogens is 221 g/mol. The fourth-order valence-corrected chi connectivity index (χ4v) is 2.32. The molecule has 0 radical (unpaired) electrons. The summed E-state index contributed by atoms with van der Waals surface area (Å²) < 4.78 is 36.2. The molecule has 1 amide bonds. The van der Waals surface area contributed by atoms with E-state index >= 15 is 0 Å². The van der Waals surface area contributed by atoms with E-state index in [9.17, 15) is 17.6 Å². The van der Waals surface area contributed by atoms with Crippen molar-refractivity contribution in [2.24, 2.45) is 0 Å². The summed E-state index contributed by atoms with van der Waals surface area (Å²) >= 11 is 0.